The second-order valence-corrected chi connectivity index (χ2v) is 3.21. The summed E-state index contributed by atoms with van der Waals surface area (Å²) >= 11 is 0. The fourth-order valence-electron chi connectivity index (χ4n) is 1.59. The van der Waals surface area contributed by atoms with Gasteiger partial charge in [0.2, 0.25) is 5.91 Å². The van der Waals surface area contributed by atoms with E-state index in [1.165, 1.54) is 6.33 Å². The van der Waals surface area contributed by atoms with Gasteiger partial charge in [0.25, 0.3) is 0 Å². The molecule has 13 heavy (non-hydrogen) atoms. The Balaban J connectivity index is 2.55. The van der Waals surface area contributed by atoms with Crippen molar-refractivity contribution in [3.8, 4) is 0 Å². The molecule has 1 amide bonds. The standard InChI is InChI=1S/C9H11N3O/c1-6-7-3-4-8(13)12(2)9(7)11-5-10-6/h5H,3-4H2,1-2H3. The third-order valence-electron chi connectivity index (χ3n) is 2.42. The lowest BCUT2D eigenvalue weighted by Gasteiger charge is -2.24. The lowest BCUT2D eigenvalue weighted by atomic mass is 10.0. The van der Waals surface area contributed by atoms with Crippen LogP contribution in [0.4, 0.5) is 5.82 Å². The molecule has 1 aliphatic rings. The number of carbonyl (C=O) groups excluding carboxylic acids is 1. The maximum atomic E-state index is 11.3. The molecule has 0 radical (unpaired) electrons. The van der Waals surface area contributed by atoms with E-state index in [4.69, 9.17) is 0 Å². The fraction of sp³-hybridized carbons (Fsp3) is 0.444. The Morgan fingerprint density at radius 3 is 2.92 bits per heavy atom. The van der Waals surface area contributed by atoms with Gasteiger partial charge in [-0.2, -0.15) is 0 Å². The Hall–Kier alpha value is -1.45. The predicted octanol–water partition coefficient (Wildman–Crippen LogP) is 0.694. The van der Waals surface area contributed by atoms with Crippen molar-refractivity contribution in [3.05, 3.63) is 17.6 Å². The highest BCUT2D eigenvalue weighted by atomic mass is 16.2. The van der Waals surface area contributed by atoms with Gasteiger partial charge in [0.15, 0.2) is 0 Å². The molecule has 0 atom stereocenters. The minimum atomic E-state index is 0.130. The number of fused-ring (bicyclic) bond motifs is 1. The number of aryl methyl sites for hydroxylation is 1. The summed E-state index contributed by atoms with van der Waals surface area (Å²) in [5.41, 5.74) is 2.08. The van der Waals surface area contributed by atoms with Gasteiger partial charge in [-0.25, -0.2) is 9.97 Å². The molecule has 0 saturated heterocycles. The fourth-order valence-corrected chi connectivity index (χ4v) is 1.59. The highest BCUT2D eigenvalue weighted by molar-refractivity contribution is 5.94. The highest BCUT2D eigenvalue weighted by Crippen LogP contribution is 2.24. The Morgan fingerprint density at radius 1 is 1.38 bits per heavy atom. The molecular weight excluding hydrogens is 166 g/mol. The molecule has 0 unspecified atom stereocenters. The molecule has 0 bridgehead atoms. The third kappa shape index (κ3) is 1.18. The average molecular weight is 177 g/mol. The lowest BCUT2D eigenvalue weighted by Crippen LogP contribution is -2.32. The molecule has 0 spiro atoms. The smallest absolute Gasteiger partial charge is 0.228 e. The van der Waals surface area contributed by atoms with Crippen LogP contribution in [-0.2, 0) is 11.2 Å². The first-order chi connectivity index (χ1) is 6.20. The van der Waals surface area contributed by atoms with E-state index in [2.05, 4.69) is 9.97 Å². The SMILES string of the molecule is Cc1ncnc2c1CCC(=O)N2C. The van der Waals surface area contributed by atoms with E-state index in [-0.39, 0.29) is 5.91 Å². The summed E-state index contributed by atoms with van der Waals surface area (Å²) < 4.78 is 0. The largest absolute Gasteiger partial charge is 0.300 e. The van der Waals surface area contributed by atoms with Crippen molar-refractivity contribution in [1.29, 1.82) is 0 Å². The van der Waals surface area contributed by atoms with Crippen LogP contribution in [0.25, 0.3) is 0 Å². The van der Waals surface area contributed by atoms with Crippen LogP contribution >= 0.6 is 0 Å². The van der Waals surface area contributed by atoms with Crippen LogP contribution < -0.4 is 4.90 Å². The van der Waals surface area contributed by atoms with Crippen LogP contribution in [0.2, 0.25) is 0 Å². The van der Waals surface area contributed by atoms with Crippen LogP contribution in [-0.4, -0.2) is 22.9 Å². The molecule has 0 N–H and O–H groups in total. The summed E-state index contributed by atoms with van der Waals surface area (Å²) in [5.74, 6) is 0.898. The van der Waals surface area contributed by atoms with Crippen LogP contribution in [0.1, 0.15) is 17.7 Å². The monoisotopic (exact) mass is 177 g/mol. The van der Waals surface area contributed by atoms with Gasteiger partial charge in [-0.15, -0.1) is 0 Å². The molecule has 2 rings (SSSR count). The first-order valence-electron chi connectivity index (χ1n) is 4.27. The summed E-state index contributed by atoms with van der Waals surface area (Å²) in [6, 6.07) is 0. The molecule has 0 saturated carbocycles. The van der Waals surface area contributed by atoms with E-state index >= 15 is 0 Å². The Labute approximate surface area is 76.6 Å². The van der Waals surface area contributed by atoms with Gasteiger partial charge < -0.3 is 0 Å². The molecule has 2 heterocycles. The number of anilines is 1. The highest BCUT2D eigenvalue weighted by Gasteiger charge is 2.23. The lowest BCUT2D eigenvalue weighted by molar-refractivity contribution is -0.118. The first kappa shape index (κ1) is 8.16. The topological polar surface area (TPSA) is 46.1 Å². The summed E-state index contributed by atoms with van der Waals surface area (Å²) in [7, 11) is 1.76. The molecule has 1 aromatic heterocycles. The van der Waals surface area contributed by atoms with Gasteiger partial charge in [-0.1, -0.05) is 0 Å². The van der Waals surface area contributed by atoms with Gasteiger partial charge in [-0.05, 0) is 13.3 Å². The van der Waals surface area contributed by atoms with Crippen molar-refractivity contribution in [2.24, 2.45) is 0 Å². The molecule has 4 nitrogen and oxygen atoms in total. The molecule has 0 fully saturated rings. The van der Waals surface area contributed by atoms with Crippen molar-refractivity contribution in [1.82, 2.24) is 9.97 Å². The number of rotatable bonds is 0. The normalized spacial score (nSPS) is 15.8. The van der Waals surface area contributed by atoms with Gasteiger partial charge in [0.05, 0.1) is 0 Å². The summed E-state index contributed by atoms with van der Waals surface area (Å²) in [6.07, 6.45) is 2.84. The molecule has 1 aliphatic heterocycles. The summed E-state index contributed by atoms with van der Waals surface area (Å²) in [6.45, 7) is 1.95. The Bertz CT molecular complexity index is 362. The van der Waals surface area contributed by atoms with Gasteiger partial charge in [-0.3, -0.25) is 9.69 Å². The van der Waals surface area contributed by atoms with Crippen LogP contribution in [0.5, 0.6) is 0 Å². The van der Waals surface area contributed by atoms with E-state index in [0.717, 1.165) is 23.5 Å². The number of aromatic nitrogens is 2. The van der Waals surface area contributed by atoms with Crippen LogP contribution in [0.15, 0.2) is 6.33 Å². The molecule has 0 aromatic carbocycles. The van der Waals surface area contributed by atoms with Crippen molar-refractivity contribution in [3.63, 3.8) is 0 Å². The van der Waals surface area contributed by atoms with Crippen LogP contribution in [0.3, 0.4) is 0 Å². The quantitative estimate of drug-likeness (QED) is 0.585. The maximum Gasteiger partial charge on any atom is 0.228 e. The average Bonchev–Trinajstić information content (AvgIpc) is 2.12. The van der Waals surface area contributed by atoms with Gasteiger partial charge >= 0.3 is 0 Å². The zero-order valence-corrected chi connectivity index (χ0v) is 7.74. The Morgan fingerprint density at radius 2 is 2.15 bits per heavy atom. The molecular formula is C9H11N3O. The zero-order chi connectivity index (χ0) is 9.42. The molecule has 1 aromatic rings. The minimum Gasteiger partial charge on any atom is -0.300 e. The number of hydrogen-bond donors (Lipinski definition) is 0. The van der Waals surface area contributed by atoms with E-state index in [9.17, 15) is 4.79 Å². The zero-order valence-electron chi connectivity index (χ0n) is 7.74. The summed E-state index contributed by atoms with van der Waals surface area (Å²) in [5, 5.41) is 0. The maximum absolute atomic E-state index is 11.3. The summed E-state index contributed by atoms with van der Waals surface area (Å²) in [4.78, 5) is 21.1. The molecule has 68 valence electrons. The van der Waals surface area contributed by atoms with E-state index in [0.29, 0.717) is 6.42 Å². The first-order valence-corrected chi connectivity index (χ1v) is 4.27. The van der Waals surface area contributed by atoms with Gasteiger partial charge in [0.1, 0.15) is 12.1 Å². The molecule has 4 heteroatoms. The number of amides is 1. The second-order valence-electron chi connectivity index (χ2n) is 3.21. The second kappa shape index (κ2) is 2.80. The predicted molar refractivity (Wildman–Crippen MR) is 48.5 cm³/mol. The van der Waals surface area contributed by atoms with Crippen LogP contribution in [0, 0.1) is 6.92 Å². The third-order valence-corrected chi connectivity index (χ3v) is 2.42. The van der Waals surface area contributed by atoms with Crippen molar-refractivity contribution in [2.75, 3.05) is 11.9 Å². The van der Waals surface area contributed by atoms with Crippen molar-refractivity contribution >= 4 is 11.7 Å². The van der Waals surface area contributed by atoms with E-state index in [1.807, 2.05) is 6.92 Å². The molecule has 0 aliphatic carbocycles. The van der Waals surface area contributed by atoms with Crippen molar-refractivity contribution < 1.29 is 4.79 Å². The minimum absolute atomic E-state index is 0.130. The van der Waals surface area contributed by atoms with Gasteiger partial charge in [0, 0.05) is 24.7 Å². The van der Waals surface area contributed by atoms with Crippen molar-refractivity contribution in [2.45, 2.75) is 19.8 Å². The number of nitrogens with zero attached hydrogens (tertiary/aromatic N) is 3. The Kier molecular flexibility index (Phi) is 1.76. The van der Waals surface area contributed by atoms with E-state index in [1.54, 1.807) is 11.9 Å². The van der Waals surface area contributed by atoms with E-state index < -0.39 is 0 Å². The number of carbonyl (C=O) groups is 1. The number of hydrogen-bond acceptors (Lipinski definition) is 3.